The molecule has 1 aromatic rings. The van der Waals surface area contributed by atoms with Crippen molar-refractivity contribution >= 4 is 5.97 Å². The number of methoxy groups -OCH3 is 1. The molecule has 0 saturated carbocycles. The summed E-state index contributed by atoms with van der Waals surface area (Å²) in [5.74, 6) is 0.0778. The van der Waals surface area contributed by atoms with Gasteiger partial charge in [-0.3, -0.25) is 0 Å². The van der Waals surface area contributed by atoms with Crippen LogP contribution in [0.2, 0.25) is 0 Å². The van der Waals surface area contributed by atoms with E-state index >= 15 is 0 Å². The number of hydrogen-bond acceptors (Lipinski definition) is 7. The van der Waals surface area contributed by atoms with Gasteiger partial charge in [-0.05, 0) is 23.3 Å². The average Bonchev–Trinajstić information content (AvgIpc) is 2.93. The smallest absolute Gasteiger partial charge is 0.338 e. The molecule has 0 radical (unpaired) electrons. The lowest BCUT2D eigenvalue weighted by Gasteiger charge is -2.28. The largest absolute Gasteiger partial charge is 0.467 e. The number of nitrogens with zero attached hydrogens (tertiary/aromatic N) is 5. The Balaban J connectivity index is 2.76. The maximum atomic E-state index is 11.9. The van der Waals surface area contributed by atoms with Crippen LogP contribution in [-0.2, 0) is 27.4 Å². The SMILES string of the molecule is CCC(CC)(OCc1nnnn1CCC#N)C(=O)OC. The van der Waals surface area contributed by atoms with Gasteiger partial charge in [0.15, 0.2) is 11.4 Å². The zero-order valence-corrected chi connectivity index (χ0v) is 12.0. The van der Waals surface area contributed by atoms with Crippen molar-refractivity contribution in [3.05, 3.63) is 5.82 Å². The van der Waals surface area contributed by atoms with E-state index in [1.165, 1.54) is 11.8 Å². The molecule has 0 fully saturated rings. The van der Waals surface area contributed by atoms with E-state index in [-0.39, 0.29) is 6.61 Å². The molecule has 8 heteroatoms. The molecule has 0 aliphatic rings. The Labute approximate surface area is 117 Å². The van der Waals surface area contributed by atoms with Gasteiger partial charge in [-0.15, -0.1) is 5.10 Å². The fraction of sp³-hybridized carbons (Fsp3) is 0.750. The van der Waals surface area contributed by atoms with Gasteiger partial charge in [0.1, 0.15) is 6.61 Å². The molecule has 0 saturated heterocycles. The molecule has 110 valence electrons. The Morgan fingerprint density at radius 1 is 1.45 bits per heavy atom. The number of tetrazole rings is 1. The van der Waals surface area contributed by atoms with E-state index < -0.39 is 11.6 Å². The molecule has 0 unspecified atom stereocenters. The second-order valence-corrected chi connectivity index (χ2v) is 4.21. The van der Waals surface area contributed by atoms with Crippen LogP contribution in [-0.4, -0.2) is 38.9 Å². The second kappa shape index (κ2) is 7.55. The number of ether oxygens (including phenoxy) is 2. The van der Waals surface area contributed by atoms with Crippen LogP contribution in [0.4, 0.5) is 0 Å². The lowest BCUT2D eigenvalue weighted by molar-refractivity contribution is -0.173. The van der Waals surface area contributed by atoms with Gasteiger partial charge in [0.25, 0.3) is 0 Å². The molecule has 1 heterocycles. The number of carbonyl (C=O) groups excluding carboxylic acids is 1. The molecule has 0 N–H and O–H groups in total. The lowest BCUT2D eigenvalue weighted by atomic mass is 9.97. The molecule has 0 bridgehead atoms. The van der Waals surface area contributed by atoms with Crippen LogP contribution >= 0.6 is 0 Å². The van der Waals surface area contributed by atoms with Crippen molar-refractivity contribution in [3.8, 4) is 6.07 Å². The molecule has 0 spiro atoms. The molecule has 1 aromatic heterocycles. The number of nitriles is 1. The minimum atomic E-state index is -0.985. The normalized spacial score (nSPS) is 11.1. The summed E-state index contributed by atoms with van der Waals surface area (Å²) >= 11 is 0. The first-order valence-electron chi connectivity index (χ1n) is 6.47. The van der Waals surface area contributed by atoms with Crippen molar-refractivity contribution in [1.29, 1.82) is 5.26 Å². The van der Waals surface area contributed by atoms with Crippen molar-refractivity contribution in [3.63, 3.8) is 0 Å². The highest BCUT2D eigenvalue weighted by Crippen LogP contribution is 2.23. The molecule has 0 aliphatic carbocycles. The zero-order valence-electron chi connectivity index (χ0n) is 12.0. The van der Waals surface area contributed by atoms with Gasteiger partial charge in [0.2, 0.25) is 0 Å². The number of hydrogen-bond donors (Lipinski definition) is 0. The Kier molecular flexibility index (Phi) is 6.06. The number of aromatic nitrogens is 4. The van der Waals surface area contributed by atoms with Crippen LogP contribution in [0.1, 0.15) is 38.9 Å². The first-order valence-corrected chi connectivity index (χ1v) is 6.47. The minimum Gasteiger partial charge on any atom is -0.467 e. The van der Waals surface area contributed by atoms with Crippen LogP contribution < -0.4 is 0 Å². The van der Waals surface area contributed by atoms with E-state index in [0.717, 1.165) is 0 Å². The first-order chi connectivity index (χ1) is 9.63. The van der Waals surface area contributed by atoms with Crippen LogP contribution in [0, 0.1) is 11.3 Å². The monoisotopic (exact) mass is 281 g/mol. The van der Waals surface area contributed by atoms with E-state index in [0.29, 0.717) is 31.6 Å². The predicted octanol–water partition coefficient (Wildman–Crippen LogP) is 0.835. The molecule has 20 heavy (non-hydrogen) atoms. The van der Waals surface area contributed by atoms with Crippen molar-refractivity contribution in [2.75, 3.05) is 7.11 Å². The molecule has 0 atom stereocenters. The predicted molar refractivity (Wildman–Crippen MR) is 68.2 cm³/mol. The molecule has 1 rings (SSSR count). The van der Waals surface area contributed by atoms with E-state index in [1.807, 2.05) is 19.9 Å². The van der Waals surface area contributed by atoms with Crippen molar-refractivity contribution in [2.24, 2.45) is 0 Å². The van der Waals surface area contributed by atoms with Crippen LogP contribution in [0.25, 0.3) is 0 Å². The van der Waals surface area contributed by atoms with Gasteiger partial charge >= 0.3 is 5.97 Å². The zero-order chi connectivity index (χ0) is 15.0. The summed E-state index contributed by atoms with van der Waals surface area (Å²) in [6.45, 7) is 4.21. The van der Waals surface area contributed by atoms with Gasteiger partial charge in [-0.1, -0.05) is 13.8 Å². The third-order valence-corrected chi connectivity index (χ3v) is 3.22. The second-order valence-electron chi connectivity index (χ2n) is 4.21. The molecule has 0 amide bonds. The highest BCUT2D eigenvalue weighted by Gasteiger charge is 2.37. The van der Waals surface area contributed by atoms with Crippen molar-refractivity contribution < 1.29 is 14.3 Å². The number of aryl methyl sites for hydroxylation is 1. The fourth-order valence-corrected chi connectivity index (χ4v) is 1.85. The van der Waals surface area contributed by atoms with Gasteiger partial charge in [0, 0.05) is 0 Å². The number of rotatable bonds is 8. The maximum absolute atomic E-state index is 11.9. The number of esters is 1. The molecular formula is C12H19N5O3. The molecule has 0 aromatic carbocycles. The highest BCUT2D eigenvalue weighted by atomic mass is 16.6. The van der Waals surface area contributed by atoms with E-state index in [4.69, 9.17) is 14.7 Å². The van der Waals surface area contributed by atoms with Gasteiger partial charge in [0.05, 0.1) is 26.1 Å². The first kappa shape index (κ1) is 16.0. The van der Waals surface area contributed by atoms with E-state index in [1.54, 1.807) is 0 Å². The van der Waals surface area contributed by atoms with E-state index in [2.05, 4.69) is 15.5 Å². The quantitative estimate of drug-likeness (QED) is 0.650. The molecule has 0 aliphatic heterocycles. The van der Waals surface area contributed by atoms with Crippen LogP contribution in [0.3, 0.4) is 0 Å². The van der Waals surface area contributed by atoms with Gasteiger partial charge in [-0.2, -0.15) is 5.26 Å². The van der Waals surface area contributed by atoms with Crippen LogP contribution in [0.15, 0.2) is 0 Å². The lowest BCUT2D eigenvalue weighted by Crippen LogP contribution is -2.41. The average molecular weight is 281 g/mol. The minimum absolute atomic E-state index is 0.0925. The van der Waals surface area contributed by atoms with Gasteiger partial charge in [-0.25, -0.2) is 9.48 Å². The Bertz CT molecular complexity index is 476. The number of carbonyl (C=O) groups is 1. The topological polar surface area (TPSA) is 103 Å². The summed E-state index contributed by atoms with van der Waals surface area (Å²) in [5.41, 5.74) is -0.985. The Morgan fingerprint density at radius 2 is 2.15 bits per heavy atom. The standard InChI is InChI=1S/C12H19N5O3/c1-4-12(5-2,11(18)19-3)20-9-10-14-15-16-17(10)8-6-7-13/h4-6,8-9H2,1-3H3. The third kappa shape index (κ3) is 3.51. The summed E-state index contributed by atoms with van der Waals surface area (Å²) < 4.78 is 12.0. The molecular weight excluding hydrogens is 262 g/mol. The summed E-state index contributed by atoms with van der Waals surface area (Å²) in [7, 11) is 1.34. The summed E-state index contributed by atoms with van der Waals surface area (Å²) in [4.78, 5) is 11.9. The van der Waals surface area contributed by atoms with Crippen LogP contribution in [0.5, 0.6) is 0 Å². The summed E-state index contributed by atoms with van der Waals surface area (Å²) in [5, 5.41) is 19.7. The maximum Gasteiger partial charge on any atom is 0.338 e. The molecule has 8 nitrogen and oxygen atoms in total. The van der Waals surface area contributed by atoms with Crippen molar-refractivity contribution in [2.45, 2.75) is 51.9 Å². The third-order valence-electron chi connectivity index (χ3n) is 3.22. The van der Waals surface area contributed by atoms with Crippen molar-refractivity contribution in [1.82, 2.24) is 20.2 Å². The Hall–Kier alpha value is -2.01. The highest BCUT2D eigenvalue weighted by molar-refractivity contribution is 5.79. The fourth-order valence-electron chi connectivity index (χ4n) is 1.85. The summed E-state index contributed by atoms with van der Waals surface area (Å²) in [6.07, 6.45) is 1.30. The van der Waals surface area contributed by atoms with E-state index in [9.17, 15) is 4.79 Å². The van der Waals surface area contributed by atoms with Gasteiger partial charge < -0.3 is 9.47 Å². The summed E-state index contributed by atoms with van der Waals surface area (Å²) in [6, 6.07) is 2.02. The Morgan fingerprint density at radius 3 is 2.70 bits per heavy atom.